The van der Waals surface area contributed by atoms with Gasteiger partial charge >= 0.3 is 0 Å². The normalized spacial score (nSPS) is 18.4. The molecule has 1 saturated heterocycles. The molecule has 0 bridgehead atoms. The second kappa shape index (κ2) is 10.4. The van der Waals surface area contributed by atoms with Crippen LogP contribution in [0.3, 0.4) is 0 Å². The van der Waals surface area contributed by atoms with E-state index >= 15 is 0 Å². The number of Topliss-reactive ketones (excluding diaryl/α,β-unsaturated/α-hetero) is 1. The number of benzene rings is 2. The van der Waals surface area contributed by atoms with Gasteiger partial charge in [0.15, 0.2) is 5.78 Å². The standard InChI is InChI=1S/C29H27Cl2N3O/c30-23-9-7-21(8-10-23)4-3-15-34-16-12-29(13-17-34)19-26(24-5-1-2-6-25(24)29)33-20-27(35)22-11-14-32-28(31)18-22/h1-11,14,18H,12-13,15-17,19-20H2/b4-3+,33-26?. The lowest BCUT2D eigenvalue weighted by molar-refractivity contribution is 0.100. The Balaban J connectivity index is 1.25. The lowest BCUT2D eigenvalue weighted by atomic mass is 9.74. The van der Waals surface area contributed by atoms with E-state index in [1.54, 1.807) is 18.3 Å². The average molecular weight is 504 g/mol. The number of hydrogen-bond acceptors (Lipinski definition) is 4. The number of rotatable bonds is 6. The molecule has 1 fully saturated rings. The molecular formula is C29H27Cl2N3O. The van der Waals surface area contributed by atoms with Gasteiger partial charge in [-0.2, -0.15) is 0 Å². The second-order valence-electron chi connectivity index (χ2n) is 9.31. The molecule has 4 nitrogen and oxygen atoms in total. The first-order valence-corrected chi connectivity index (χ1v) is 12.7. The zero-order valence-electron chi connectivity index (χ0n) is 19.5. The molecule has 2 aliphatic rings. The number of piperidine rings is 1. The quantitative estimate of drug-likeness (QED) is 0.284. The van der Waals surface area contributed by atoms with Gasteiger partial charge in [0.25, 0.3) is 0 Å². The van der Waals surface area contributed by atoms with E-state index in [0.29, 0.717) is 10.7 Å². The van der Waals surface area contributed by atoms with Crippen molar-refractivity contribution in [3.8, 4) is 0 Å². The molecule has 35 heavy (non-hydrogen) atoms. The molecular weight excluding hydrogens is 477 g/mol. The van der Waals surface area contributed by atoms with Crippen LogP contribution in [0.1, 0.15) is 46.3 Å². The predicted octanol–water partition coefficient (Wildman–Crippen LogP) is 6.51. The molecule has 3 aromatic rings. The van der Waals surface area contributed by atoms with Crippen LogP contribution in [0, 0.1) is 0 Å². The fourth-order valence-corrected chi connectivity index (χ4v) is 5.51. The zero-order chi connectivity index (χ0) is 24.3. The van der Waals surface area contributed by atoms with Crippen LogP contribution in [0.5, 0.6) is 0 Å². The largest absolute Gasteiger partial charge is 0.300 e. The van der Waals surface area contributed by atoms with E-state index < -0.39 is 0 Å². The highest BCUT2D eigenvalue weighted by Gasteiger charge is 2.43. The minimum atomic E-state index is -0.0393. The van der Waals surface area contributed by atoms with Crippen LogP contribution in [0.25, 0.3) is 6.08 Å². The maximum absolute atomic E-state index is 12.7. The molecule has 0 amide bonds. The average Bonchev–Trinajstić information content (AvgIpc) is 3.18. The Bertz CT molecular complexity index is 1280. The highest BCUT2D eigenvalue weighted by atomic mass is 35.5. The molecule has 0 N–H and O–H groups in total. The number of likely N-dealkylation sites (tertiary alicyclic amines) is 1. The summed E-state index contributed by atoms with van der Waals surface area (Å²) in [5.41, 5.74) is 5.45. The van der Waals surface area contributed by atoms with Crippen LogP contribution < -0.4 is 0 Å². The smallest absolute Gasteiger partial charge is 0.184 e. The SMILES string of the molecule is O=C(CN=C1CC2(CCN(C/C=C/c3ccc(Cl)cc3)CC2)c2ccccc21)c1ccnc(Cl)c1. The number of nitrogens with zero attached hydrogens (tertiary/aromatic N) is 3. The number of pyridine rings is 1. The summed E-state index contributed by atoms with van der Waals surface area (Å²) in [6.45, 7) is 3.15. The number of carbonyl (C=O) groups excluding carboxylic acids is 1. The molecule has 0 unspecified atom stereocenters. The van der Waals surface area contributed by atoms with E-state index in [9.17, 15) is 4.79 Å². The van der Waals surface area contributed by atoms with Crippen LogP contribution in [-0.4, -0.2) is 47.6 Å². The number of aliphatic imine (C=N–C) groups is 1. The summed E-state index contributed by atoms with van der Waals surface area (Å²) in [7, 11) is 0. The molecule has 1 aliphatic heterocycles. The van der Waals surface area contributed by atoms with Gasteiger partial charge in [-0.3, -0.25) is 14.7 Å². The van der Waals surface area contributed by atoms with E-state index in [4.69, 9.17) is 28.2 Å². The highest BCUT2D eigenvalue weighted by molar-refractivity contribution is 6.30. The molecule has 1 spiro atoms. The molecule has 2 aromatic carbocycles. The minimum Gasteiger partial charge on any atom is -0.300 e. The molecule has 1 aliphatic carbocycles. The molecule has 1 aromatic heterocycles. The topological polar surface area (TPSA) is 45.6 Å². The monoisotopic (exact) mass is 503 g/mol. The Kier molecular flexibility index (Phi) is 7.14. The third kappa shape index (κ3) is 5.40. The van der Waals surface area contributed by atoms with Gasteiger partial charge in [-0.05, 0) is 73.3 Å². The van der Waals surface area contributed by atoms with Crippen LogP contribution in [0.4, 0.5) is 0 Å². The Labute approximate surface area is 216 Å². The summed E-state index contributed by atoms with van der Waals surface area (Å²) in [5, 5.41) is 1.08. The predicted molar refractivity (Wildman–Crippen MR) is 144 cm³/mol. The van der Waals surface area contributed by atoms with E-state index in [0.717, 1.165) is 55.2 Å². The van der Waals surface area contributed by atoms with E-state index in [-0.39, 0.29) is 17.7 Å². The van der Waals surface area contributed by atoms with Crippen molar-refractivity contribution in [1.29, 1.82) is 0 Å². The number of hydrogen-bond donors (Lipinski definition) is 0. The molecule has 6 heteroatoms. The Morgan fingerprint density at radius 2 is 1.83 bits per heavy atom. The molecule has 0 atom stereocenters. The summed E-state index contributed by atoms with van der Waals surface area (Å²) >= 11 is 11.9. The van der Waals surface area contributed by atoms with Gasteiger partial charge in [0, 0.05) is 34.5 Å². The lowest BCUT2D eigenvalue weighted by Gasteiger charge is -2.39. The number of ketones is 1. The van der Waals surface area contributed by atoms with Gasteiger partial charge in [0.1, 0.15) is 11.7 Å². The minimum absolute atomic E-state index is 0.0393. The van der Waals surface area contributed by atoms with Gasteiger partial charge in [-0.25, -0.2) is 4.98 Å². The lowest BCUT2D eigenvalue weighted by Crippen LogP contribution is -2.41. The van der Waals surface area contributed by atoms with Crippen molar-refractivity contribution in [2.24, 2.45) is 4.99 Å². The van der Waals surface area contributed by atoms with Crippen LogP contribution >= 0.6 is 23.2 Å². The Hall–Kier alpha value is -2.79. The molecule has 178 valence electrons. The van der Waals surface area contributed by atoms with Crippen LogP contribution in [0.2, 0.25) is 10.2 Å². The number of halogens is 2. The second-order valence-corrected chi connectivity index (χ2v) is 10.1. The fraction of sp³-hybridized carbons (Fsp3) is 0.276. The number of carbonyl (C=O) groups is 1. The third-order valence-corrected chi connectivity index (χ3v) is 7.59. The number of aromatic nitrogens is 1. The first kappa shape index (κ1) is 23.9. The molecule has 0 saturated carbocycles. The summed E-state index contributed by atoms with van der Waals surface area (Å²) in [4.78, 5) is 23.9. The highest BCUT2D eigenvalue weighted by Crippen LogP contribution is 2.46. The summed E-state index contributed by atoms with van der Waals surface area (Å²) < 4.78 is 0. The van der Waals surface area contributed by atoms with Crippen molar-refractivity contribution in [3.63, 3.8) is 0 Å². The van der Waals surface area contributed by atoms with Crippen molar-refractivity contribution in [3.05, 3.63) is 105 Å². The van der Waals surface area contributed by atoms with Gasteiger partial charge in [-0.1, -0.05) is 71.8 Å². The molecule has 2 heterocycles. The maximum atomic E-state index is 12.7. The molecule has 5 rings (SSSR count). The summed E-state index contributed by atoms with van der Waals surface area (Å²) in [5.74, 6) is -0.0393. The molecule has 0 radical (unpaired) electrons. The van der Waals surface area contributed by atoms with E-state index in [2.05, 4.69) is 46.3 Å². The van der Waals surface area contributed by atoms with Crippen molar-refractivity contribution < 1.29 is 4.79 Å². The van der Waals surface area contributed by atoms with Crippen molar-refractivity contribution in [2.75, 3.05) is 26.2 Å². The van der Waals surface area contributed by atoms with Gasteiger partial charge in [-0.15, -0.1) is 0 Å². The maximum Gasteiger partial charge on any atom is 0.184 e. The van der Waals surface area contributed by atoms with Crippen LogP contribution in [0.15, 0.2) is 77.9 Å². The first-order valence-electron chi connectivity index (χ1n) is 11.9. The van der Waals surface area contributed by atoms with E-state index in [1.807, 2.05) is 24.3 Å². The van der Waals surface area contributed by atoms with Crippen LogP contribution in [-0.2, 0) is 5.41 Å². The third-order valence-electron chi connectivity index (χ3n) is 7.13. The van der Waals surface area contributed by atoms with Crippen molar-refractivity contribution in [1.82, 2.24) is 9.88 Å². The van der Waals surface area contributed by atoms with Gasteiger partial charge < -0.3 is 0 Å². The number of fused-ring (bicyclic) bond motifs is 2. The van der Waals surface area contributed by atoms with Crippen molar-refractivity contribution in [2.45, 2.75) is 24.7 Å². The zero-order valence-corrected chi connectivity index (χ0v) is 21.0. The first-order chi connectivity index (χ1) is 17.0. The van der Waals surface area contributed by atoms with Gasteiger partial charge in [0.2, 0.25) is 0 Å². The fourth-order valence-electron chi connectivity index (χ4n) is 5.21. The van der Waals surface area contributed by atoms with Crippen molar-refractivity contribution >= 4 is 40.8 Å². The summed E-state index contributed by atoms with van der Waals surface area (Å²) in [6.07, 6.45) is 9.01. The van der Waals surface area contributed by atoms with E-state index in [1.165, 1.54) is 11.1 Å². The Morgan fingerprint density at radius 1 is 1.06 bits per heavy atom. The summed E-state index contributed by atoms with van der Waals surface area (Å²) in [6, 6.07) is 19.8. The van der Waals surface area contributed by atoms with Gasteiger partial charge in [0.05, 0.1) is 0 Å². The Morgan fingerprint density at radius 3 is 2.60 bits per heavy atom.